The molecule has 1 unspecified atom stereocenters. The highest BCUT2D eigenvalue weighted by Crippen LogP contribution is 2.29. The SMILES string of the molecule is CC(=N)CC(C(=N)N1CCC(NCC(C)C)CC1)C(=O)N=C(N)C1CC1. The topological polar surface area (TPSA) is 118 Å². The Bertz CT molecular complexity index is 558. The molecule has 1 atom stereocenters. The van der Waals surface area contributed by atoms with Crippen LogP contribution in [0, 0.1) is 28.6 Å². The molecule has 0 aromatic carbocycles. The minimum atomic E-state index is -0.690. The van der Waals surface area contributed by atoms with Crippen molar-refractivity contribution >= 4 is 23.3 Å². The van der Waals surface area contributed by atoms with Crippen molar-refractivity contribution in [1.29, 1.82) is 10.8 Å². The zero-order chi connectivity index (χ0) is 19.3. The largest absolute Gasteiger partial charge is 0.387 e. The molecular weight excluding hydrogens is 328 g/mol. The summed E-state index contributed by atoms with van der Waals surface area (Å²) in [5, 5.41) is 19.9. The zero-order valence-electron chi connectivity index (χ0n) is 16.3. The minimum Gasteiger partial charge on any atom is -0.387 e. The lowest BCUT2D eigenvalue weighted by Crippen LogP contribution is -2.48. The summed E-state index contributed by atoms with van der Waals surface area (Å²) in [4.78, 5) is 18.6. The van der Waals surface area contributed by atoms with E-state index >= 15 is 0 Å². The highest BCUT2D eigenvalue weighted by atomic mass is 16.1. The Morgan fingerprint density at radius 2 is 1.85 bits per heavy atom. The molecule has 1 saturated carbocycles. The predicted octanol–water partition coefficient (Wildman–Crippen LogP) is 2.01. The third kappa shape index (κ3) is 6.20. The van der Waals surface area contributed by atoms with E-state index in [0.29, 0.717) is 23.5 Å². The minimum absolute atomic E-state index is 0.234. The van der Waals surface area contributed by atoms with E-state index in [-0.39, 0.29) is 24.1 Å². The first-order valence-corrected chi connectivity index (χ1v) is 9.76. The quantitative estimate of drug-likeness (QED) is 0.390. The fraction of sp³-hybridized carbons (Fsp3) is 0.789. The Kier molecular flexibility index (Phi) is 7.32. The molecule has 146 valence electrons. The number of carbonyl (C=O) groups excluding carboxylic acids is 1. The summed E-state index contributed by atoms with van der Waals surface area (Å²) in [6, 6.07) is 0.476. The number of likely N-dealkylation sites (tertiary alicyclic amines) is 1. The van der Waals surface area contributed by atoms with Crippen molar-refractivity contribution in [3.63, 3.8) is 0 Å². The lowest BCUT2D eigenvalue weighted by molar-refractivity contribution is -0.119. The molecular formula is C19H34N6O. The number of piperidine rings is 1. The third-order valence-electron chi connectivity index (χ3n) is 5.02. The van der Waals surface area contributed by atoms with Crippen molar-refractivity contribution in [2.75, 3.05) is 19.6 Å². The number of hydrogen-bond donors (Lipinski definition) is 4. The first-order chi connectivity index (χ1) is 12.3. The second-order valence-electron chi connectivity index (χ2n) is 8.13. The maximum atomic E-state index is 12.6. The average Bonchev–Trinajstić information content (AvgIpc) is 3.42. The molecule has 0 aromatic heterocycles. The Morgan fingerprint density at radius 1 is 1.23 bits per heavy atom. The van der Waals surface area contributed by atoms with Crippen LogP contribution in [-0.4, -0.2) is 53.9 Å². The Hall–Kier alpha value is -1.76. The summed E-state index contributed by atoms with van der Waals surface area (Å²) in [5.74, 6) is 0.482. The van der Waals surface area contributed by atoms with Gasteiger partial charge >= 0.3 is 0 Å². The lowest BCUT2D eigenvalue weighted by Gasteiger charge is -2.36. The summed E-state index contributed by atoms with van der Waals surface area (Å²) in [6.45, 7) is 8.59. The molecule has 1 aliphatic carbocycles. The van der Waals surface area contributed by atoms with Crippen LogP contribution < -0.4 is 11.1 Å². The molecule has 1 aliphatic heterocycles. The van der Waals surface area contributed by atoms with Gasteiger partial charge in [-0.1, -0.05) is 13.8 Å². The summed E-state index contributed by atoms with van der Waals surface area (Å²) < 4.78 is 0. The van der Waals surface area contributed by atoms with E-state index in [2.05, 4.69) is 24.2 Å². The van der Waals surface area contributed by atoms with E-state index in [1.165, 1.54) is 0 Å². The first-order valence-electron chi connectivity index (χ1n) is 9.76. The van der Waals surface area contributed by atoms with Crippen molar-refractivity contribution < 1.29 is 4.79 Å². The number of nitrogens with zero attached hydrogens (tertiary/aromatic N) is 2. The monoisotopic (exact) mass is 362 g/mol. The summed E-state index contributed by atoms with van der Waals surface area (Å²) >= 11 is 0. The Balaban J connectivity index is 1.95. The van der Waals surface area contributed by atoms with E-state index < -0.39 is 5.92 Å². The van der Waals surface area contributed by atoms with Crippen molar-refractivity contribution in [3.8, 4) is 0 Å². The average molecular weight is 363 g/mol. The van der Waals surface area contributed by atoms with Gasteiger partial charge in [-0.3, -0.25) is 10.2 Å². The van der Waals surface area contributed by atoms with Crippen LogP contribution in [0.3, 0.4) is 0 Å². The number of nitrogens with two attached hydrogens (primary N) is 1. The van der Waals surface area contributed by atoms with Crippen molar-refractivity contribution in [2.45, 2.75) is 58.9 Å². The van der Waals surface area contributed by atoms with Crippen LogP contribution in [0.5, 0.6) is 0 Å². The summed E-state index contributed by atoms with van der Waals surface area (Å²) in [7, 11) is 0. The first kappa shape index (κ1) is 20.6. The fourth-order valence-corrected chi connectivity index (χ4v) is 3.23. The highest BCUT2D eigenvalue weighted by molar-refractivity contribution is 6.08. The van der Waals surface area contributed by atoms with E-state index in [9.17, 15) is 4.79 Å². The fourth-order valence-electron chi connectivity index (χ4n) is 3.23. The van der Waals surface area contributed by atoms with Crippen LogP contribution in [0.1, 0.15) is 52.9 Å². The number of carbonyl (C=O) groups is 1. The molecule has 0 bridgehead atoms. The standard InChI is InChI=1S/C19H34N6O/c1-12(2)11-23-15-6-8-25(9-7-15)18(22)16(10-13(3)20)19(26)24-17(21)14-4-5-14/h12,14-16,20,22-23H,4-11H2,1-3H3,(H2,21,24,26). The second-order valence-corrected chi connectivity index (χ2v) is 8.13. The van der Waals surface area contributed by atoms with Gasteiger partial charge in [0.25, 0.3) is 5.91 Å². The molecule has 1 heterocycles. The van der Waals surface area contributed by atoms with E-state index in [1.807, 2.05) is 4.90 Å². The normalized spacial score (nSPS) is 20.3. The number of aliphatic imine (C=N–C) groups is 1. The van der Waals surface area contributed by atoms with E-state index in [4.69, 9.17) is 16.6 Å². The van der Waals surface area contributed by atoms with Gasteiger partial charge in [0.15, 0.2) is 0 Å². The highest BCUT2D eigenvalue weighted by Gasteiger charge is 2.32. The molecule has 2 rings (SSSR count). The molecule has 7 nitrogen and oxygen atoms in total. The molecule has 0 spiro atoms. The van der Waals surface area contributed by atoms with Gasteiger partial charge in [0, 0.05) is 37.2 Å². The second kappa shape index (κ2) is 9.26. The number of nitrogens with one attached hydrogen (secondary N) is 3. The van der Waals surface area contributed by atoms with Gasteiger partial charge in [-0.25, -0.2) is 0 Å². The Morgan fingerprint density at radius 3 is 2.35 bits per heavy atom. The molecule has 1 saturated heterocycles. The Labute approximate surface area is 156 Å². The van der Waals surface area contributed by atoms with E-state index in [1.54, 1.807) is 6.92 Å². The zero-order valence-corrected chi connectivity index (χ0v) is 16.3. The number of hydrogen-bond acceptors (Lipinski definition) is 4. The van der Waals surface area contributed by atoms with Gasteiger partial charge in [0.05, 0.1) is 0 Å². The van der Waals surface area contributed by atoms with Crippen LogP contribution in [0.2, 0.25) is 0 Å². The molecule has 1 amide bonds. The molecule has 5 N–H and O–H groups in total. The van der Waals surface area contributed by atoms with Crippen LogP contribution in [-0.2, 0) is 4.79 Å². The van der Waals surface area contributed by atoms with Gasteiger partial charge < -0.3 is 21.4 Å². The number of rotatable bonds is 8. The molecule has 0 aromatic rings. The molecule has 0 radical (unpaired) electrons. The molecule has 7 heteroatoms. The summed E-state index contributed by atoms with van der Waals surface area (Å²) in [6.07, 6.45) is 4.15. The van der Waals surface area contributed by atoms with Gasteiger partial charge in [-0.05, 0) is 45.1 Å². The summed E-state index contributed by atoms with van der Waals surface area (Å²) in [5.41, 5.74) is 6.28. The maximum Gasteiger partial charge on any atom is 0.258 e. The van der Waals surface area contributed by atoms with Gasteiger partial charge in [0.2, 0.25) is 0 Å². The van der Waals surface area contributed by atoms with E-state index in [0.717, 1.165) is 45.3 Å². The maximum absolute atomic E-state index is 12.6. The van der Waals surface area contributed by atoms with Gasteiger partial charge in [-0.15, -0.1) is 0 Å². The van der Waals surface area contributed by atoms with Crippen LogP contribution >= 0.6 is 0 Å². The number of amidine groups is 2. The third-order valence-corrected chi connectivity index (χ3v) is 5.02. The van der Waals surface area contributed by atoms with Crippen LogP contribution in [0.25, 0.3) is 0 Å². The van der Waals surface area contributed by atoms with Crippen molar-refractivity contribution in [2.24, 2.45) is 28.5 Å². The molecule has 2 aliphatic rings. The van der Waals surface area contributed by atoms with Crippen molar-refractivity contribution in [3.05, 3.63) is 0 Å². The van der Waals surface area contributed by atoms with Crippen molar-refractivity contribution in [1.82, 2.24) is 10.2 Å². The molecule has 2 fully saturated rings. The molecule has 26 heavy (non-hydrogen) atoms. The van der Waals surface area contributed by atoms with Gasteiger partial charge in [0.1, 0.15) is 17.6 Å². The number of amides is 1. The smallest absolute Gasteiger partial charge is 0.258 e. The van der Waals surface area contributed by atoms with Gasteiger partial charge in [-0.2, -0.15) is 4.99 Å². The predicted molar refractivity (Wildman–Crippen MR) is 106 cm³/mol. The van der Waals surface area contributed by atoms with Crippen LogP contribution in [0.4, 0.5) is 0 Å². The lowest BCUT2D eigenvalue weighted by atomic mass is 9.96. The van der Waals surface area contributed by atoms with Crippen LogP contribution in [0.15, 0.2) is 4.99 Å².